The monoisotopic (exact) mass is 268 g/mol. The van der Waals surface area contributed by atoms with E-state index in [1.165, 1.54) is 12.4 Å². The van der Waals surface area contributed by atoms with Gasteiger partial charge in [0.2, 0.25) is 0 Å². The molecule has 0 radical (unpaired) electrons. The van der Waals surface area contributed by atoms with E-state index in [-0.39, 0.29) is 5.91 Å². The van der Waals surface area contributed by atoms with Gasteiger partial charge in [-0.3, -0.25) is 9.78 Å². The summed E-state index contributed by atoms with van der Waals surface area (Å²) in [6.45, 7) is 0. The molecule has 0 aliphatic rings. The van der Waals surface area contributed by atoms with Crippen LogP contribution in [0.3, 0.4) is 0 Å². The molecule has 0 atom stereocenters. The molecule has 6 heteroatoms. The predicted molar refractivity (Wildman–Crippen MR) is 75.1 cm³/mol. The van der Waals surface area contributed by atoms with Crippen molar-refractivity contribution >= 4 is 18.3 Å². The Labute approximate surface area is 115 Å². The lowest BCUT2D eigenvalue weighted by Gasteiger charge is -1.99. The van der Waals surface area contributed by atoms with Crippen LogP contribution in [0.2, 0.25) is 0 Å². The van der Waals surface area contributed by atoms with Crippen molar-refractivity contribution in [1.29, 1.82) is 0 Å². The Balaban J connectivity index is 1.96. The van der Waals surface area contributed by atoms with E-state index in [2.05, 4.69) is 20.7 Å². The number of hydrogen-bond acceptors (Lipinski definition) is 5. The molecule has 2 aromatic rings. The molecule has 2 N–H and O–H groups in total. The molecule has 1 aromatic carbocycles. The first-order valence-electron chi connectivity index (χ1n) is 5.81. The van der Waals surface area contributed by atoms with Gasteiger partial charge in [-0.15, -0.1) is 0 Å². The maximum Gasteiger partial charge on any atom is 0.272 e. The Hall–Kier alpha value is -3.02. The summed E-state index contributed by atoms with van der Waals surface area (Å²) in [4.78, 5) is 15.7. The maximum atomic E-state index is 11.8. The van der Waals surface area contributed by atoms with Crippen LogP contribution < -0.4 is 5.43 Å². The minimum atomic E-state index is -0.364. The highest BCUT2D eigenvalue weighted by atomic mass is 16.4. The van der Waals surface area contributed by atoms with Crippen molar-refractivity contribution in [3.05, 3.63) is 65.5 Å². The highest BCUT2D eigenvalue weighted by molar-refractivity contribution is 5.95. The second-order valence-electron chi connectivity index (χ2n) is 3.83. The van der Waals surface area contributed by atoms with Crippen molar-refractivity contribution in [1.82, 2.24) is 10.4 Å². The molecule has 0 unspecified atom stereocenters. The van der Waals surface area contributed by atoms with Gasteiger partial charge in [0.05, 0.1) is 23.7 Å². The lowest BCUT2D eigenvalue weighted by molar-refractivity contribution is 0.0955. The number of rotatable bonds is 4. The van der Waals surface area contributed by atoms with Crippen LogP contribution in [0.1, 0.15) is 21.6 Å². The number of benzene rings is 1. The lowest BCUT2D eigenvalue weighted by atomic mass is 10.2. The van der Waals surface area contributed by atoms with Crippen molar-refractivity contribution in [3.63, 3.8) is 0 Å². The van der Waals surface area contributed by atoms with Gasteiger partial charge in [0.1, 0.15) is 0 Å². The first kappa shape index (κ1) is 13.4. The molecule has 0 bridgehead atoms. The molecule has 20 heavy (non-hydrogen) atoms. The van der Waals surface area contributed by atoms with Gasteiger partial charge in [-0.05, 0) is 17.7 Å². The van der Waals surface area contributed by atoms with Crippen LogP contribution in [-0.4, -0.2) is 28.5 Å². The fraction of sp³-hybridized carbons (Fsp3) is 0. The molecule has 0 saturated heterocycles. The van der Waals surface area contributed by atoms with Crippen LogP contribution in [0.15, 0.2) is 58.9 Å². The van der Waals surface area contributed by atoms with Crippen molar-refractivity contribution in [2.24, 2.45) is 10.3 Å². The fourth-order valence-electron chi connectivity index (χ4n) is 1.44. The topological polar surface area (TPSA) is 86.9 Å². The van der Waals surface area contributed by atoms with Gasteiger partial charge in [-0.2, -0.15) is 5.10 Å². The summed E-state index contributed by atoms with van der Waals surface area (Å²) in [7, 11) is 0. The van der Waals surface area contributed by atoms with Gasteiger partial charge in [-0.25, -0.2) is 5.43 Å². The maximum absolute atomic E-state index is 11.8. The van der Waals surface area contributed by atoms with E-state index in [4.69, 9.17) is 5.21 Å². The minimum Gasteiger partial charge on any atom is -0.411 e. The molecule has 0 spiro atoms. The normalized spacial score (nSPS) is 11.0. The summed E-state index contributed by atoms with van der Waals surface area (Å²) < 4.78 is 0. The third-order valence-corrected chi connectivity index (χ3v) is 2.42. The second-order valence-corrected chi connectivity index (χ2v) is 3.83. The molecule has 0 aliphatic heterocycles. The van der Waals surface area contributed by atoms with Crippen molar-refractivity contribution in [2.75, 3.05) is 0 Å². The molecule has 0 aliphatic carbocycles. The number of carbonyl (C=O) groups is 1. The zero-order valence-electron chi connectivity index (χ0n) is 10.5. The van der Waals surface area contributed by atoms with Crippen LogP contribution in [0, 0.1) is 0 Å². The van der Waals surface area contributed by atoms with Crippen LogP contribution >= 0.6 is 0 Å². The van der Waals surface area contributed by atoms with Gasteiger partial charge in [0.25, 0.3) is 5.91 Å². The van der Waals surface area contributed by atoms with Gasteiger partial charge in [0, 0.05) is 6.20 Å². The van der Waals surface area contributed by atoms with E-state index in [9.17, 15) is 4.79 Å². The number of nitrogens with one attached hydrogen (secondary N) is 1. The Kier molecular flexibility index (Phi) is 4.55. The third-order valence-electron chi connectivity index (χ3n) is 2.42. The van der Waals surface area contributed by atoms with E-state index < -0.39 is 0 Å². The average Bonchev–Trinajstić information content (AvgIpc) is 2.49. The average molecular weight is 268 g/mol. The summed E-state index contributed by atoms with van der Waals surface area (Å²) in [5, 5.41) is 15.1. The van der Waals surface area contributed by atoms with Crippen molar-refractivity contribution < 1.29 is 10.0 Å². The number of oxime groups is 1. The number of amides is 1. The molecule has 100 valence electrons. The quantitative estimate of drug-likeness (QED) is 0.502. The highest BCUT2D eigenvalue weighted by Gasteiger charge is 2.04. The summed E-state index contributed by atoms with van der Waals surface area (Å²) in [5.41, 5.74) is 4.12. The summed E-state index contributed by atoms with van der Waals surface area (Å²) in [6, 6.07) is 12.6. The number of nitrogens with zero attached hydrogens (tertiary/aromatic N) is 3. The standard InChI is InChI=1S/C14H12N4O2/c19-14(12-6-7-13(10-17-20)15-9-12)18-16-8-11-4-2-1-3-5-11/h1-10,20H,(H,18,19)/b16-8-,17-10-. The van der Waals surface area contributed by atoms with Gasteiger partial charge >= 0.3 is 0 Å². The van der Waals surface area contributed by atoms with Gasteiger partial charge < -0.3 is 5.21 Å². The van der Waals surface area contributed by atoms with Gasteiger partial charge in [-0.1, -0.05) is 35.5 Å². The van der Waals surface area contributed by atoms with Gasteiger partial charge in [0.15, 0.2) is 0 Å². The second kappa shape index (κ2) is 6.79. The molecule has 0 fully saturated rings. The number of hydrogen-bond donors (Lipinski definition) is 2. The van der Waals surface area contributed by atoms with Crippen LogP contribution in [0.4, 0.5) is 0 Å². The van der Waals surface area contributed by atoms with E-state index in [1.807, 2.05) is 30.3 Å². The molecular weight excluding hydrogens is 256 g/mol. The Bertz CT molecular complexity index is 621. The van der Waals surface area contributed by atoms with Crippen molar-refractivity contribution in [2.45, 2.75) is 0 Å². The summed E-state index contributed by atoms with van der Waals surface area (Å²) >= 11 is 0. The minimum absolute atomic E-state index is 0.364. The fourth-order valence-corrected chi connectivity index (χ4v) is 1.44. The van der Waals surface area contributed by atoms with E-state index >= 15 is 0 Å². The first-order chi connectivity index (χ1) is 9.79. The molecular formula is C14H12N4O2. The Morgan fingerprint density at radius 3 is 2.60 bits per heavy atom. The summed E-state index contributed by atoms with van der Waals surface area (Å²) in [6.07, 6.45) is 4.11. The Morgan fingerprint density at radius 2 is 1.95 bits per heavy atom. The zero-order valence-corrected chi connectivity index (χ0v) is 10.5. The highest BCUT2D eigenvalue weighted by Crippen LogP contribution is 1.99. The third kappa shape index (κ3) is 3.74. The lowest BCUT2D eigenvalue weighted by Crippen LogP contribution is -2.17. The van der Waals surface area contributed by atoms with Crippen LogP contribution in [0.25, 0.3) is 0 Å². The number of hydrazone groups is 1. The molecule has 2 rings (SSSR count). The summed E-state index contributed by atoms with van der Waals surface area (Å²) in [5.74, 6) is -0.364. The molecule has 0 saturated carbocycles. The smallest absolute Gasteiger partial charge is 0.272 e. The molecule has 1 aromatic heterocycles. The largest absolute Gasteiger partial charge is 0.411 e. The van der Waals surface area contributed by atoms with Crippen LogP contribution in [-0.2, 0) is 0 Å². The van der Waals surface area contributed by atoms with E-state index in [0.29, 0.717) is 11.3 Å². The first-order valence-corrected chi connectivity index (χ1v) is 5.81. The predicted octanol–water partition coefficient (Wildman–Crippen LogP) is 1.65. The van der Waals surface area contributed by atoms with Crippen LogP contribution in [0.5, 0.6) is 0 Å². The molecule has 6 nitrogen and oxygen atoms in total. The SMILES string of the molecule is O=C(N/N=C\c1ccccc1)c1ccc(/C=N\O)nc1. The number of carbonyl (C=O) groups excluding carboxylic acids is 1. The zero-order chi connectivity index (χ0) is 14.2. The number of pyridine rings is 1. The number of aromatic nitrogens is 1. The van der Waals surface area contributed by atoms with E-state index in [1.54, 1.807) is 18.3 Å². The van der Waals surface area contributed by atoms with Crippen molar-refractivity contribution in [3.8, 4) is 0 Å². The molecule has 1 amide bonds. The van der Waals surface area contributed by atoms with E-state index in [0.717, 1.165) is 5.56 Å². The Morgan fingerprint density at radius 1 is 1.15 bits per heavy atom. The molecule has 1 heterocycles.